The summed E-state index contributed by atoms with van der Waals surface area (Å²) in [6.45, 7) is 1.86. The van der Waals surface area contributed by atoms with E-state index < -0.39 is 10.0 Å². The number of rotatable bonds is 10. The average Bonchev–Trinajstić information content (AvgIpc) is 2.98. The highest BCUT2D eigenvalue weighted by molar-refractivity contribution is 7.89. The van der Waals surface area contributed by atoms with Crippen LogP contribution >= 0.6 is 0 Å². The summed E-state index contributed by atoms with van der Waals surface area (Å²) in [5.41, 5.74) is 0.935. The lowest BCUT2D eigenvalue weighted by atomic mass is 10.1. The minimum absolute atomic E-state index is 0.0148. The third-order valence-corrected chi connectivity index (χ3v) is 6.10. The van der Waals surface area contributed by atoms with Crippen molar-refractivity contribution in [1.82, 2.24) is 15.4 Å². The Labute approximate surface area is 169 Å². The standard InChI is InChI=1S/C20H34N4O3S/c1-21-20(22-13-15-27-19-11-7-2-3-8-12-19)23-14-16-28(25,26)24-17-18-9-5-4-6-10-18/h4-6,9-10,19,24H,2-3,7-8,11-17H2,1H3,(H2,21,22,23). The van der Waals surface area contributed by atoms with E-state index in [1.807, 2.05) is 30.3 Å². The molecule has 0 radical (unpaired) electrons. The molecule has 0 aromatic heterocycles. The number of benzene rings is 1. The Kier molecular flexibility index (Phi) is 10.3. The smallest absolute Gasteiger partial charge is 0.213 e. The Morgan fingerprint density at radius 3 is 2.43 bits per heavy atom. The molecule has 0 aliphatic heterocycles. The van der Waals surface area contributed by atoms with Gasteiger partial charge in [0.15, 0.2) is 5.96 Å². The number of nitrogens with zero attached hydrogens (tertiary/aromatic N) is 1. The monoisotopic (exact) mass is 410 g/mol. The van der Waals surface area contributed by atoms with Gasteiger partial charge in [-0.25, -0.2) is 13.1 Å². The summed E-state index contributed by atoms with van der Waals surface area (Å²) in [6, 6.07) is 9.47. The molecule has 8 heteroatoms. The van der Waals surface area contributed by atoms with Crippen LogP contribution in [0.2, 0.25) is 0 Å². The van der Waals surface area contributed by atoms with Crippen LogP contribution in [0, 0.1) is 0 Å². The third kappa shape index (κ3) is 9.52. The molecule has 28 heavy (non-hydrogen) atoms. The molecule has 0 amide bonds. The summed E-state index contributed by atoms with van der Waals surface area (Å²) in [5, 5.41) is 6.20. The molecule has 1 aliphatic rings. The number of ether oxygens (including phenoxy) is 1. The zero-order chi connectivity index (χ0) is 20.1. The van der Waals surface area contributed by atoms with E-state index in [0.717, 1.165) is 18.4 Å². The molecule has 0 spiro atoms. The van der Waals surface area contributed by atoms with Gasteiger partial charge in [0.2, 0.25) is 10.0 Å². The molecule has 1 aromatic rings. The van der Waals surface area contributed by atoms with Crippen molar-refractivity contribution in [3.8, 4) is 0 Å². The van der Waals surface area contributed by atoms with E-state index >= 15 is 0 Å². The van der Waals surface area contributed by atoms with Crippen LogP contribution in [0.5, 0.6) is 0 Å². The predicted octanol–water partition coefficient (Wildman–Crippen LogP) is 2.01. The van der Waals surface area contributed by atoms with Crippen molar-refractivity contribution in [3.63, 3.8) is 0 Å². The first-order chi connectivity index (χ1) is 13.6. The lowest BCUT2D eigenvalue weighted by Gasteiger charge is -2.17. The van der Waals surface area contributed by atoms with Crippen molar-refractivity contribution in [2.24, 2.45) is 4.99 Å². The summed E-state index contributed by atoms with van der Waals surface area (Å²) >= 11 is 0. The van der Waals surface area contributed by atoms with E-state index in [-0.39, 0.29) is 12.3 Å². The van der Waals surface area contributed by atoms with E-state index in [1.54, 1.807) is 7.05 Å². The molecule has 0 atom stereocenters. The maximum Gasteiger partial charge on any atom is 0.213 e. The van der Waals surface area contributed by atoms with Crippen LogP contribution in [0.25, 0.3) is 0 Å². The molecule has 158 valence electrons. The number of sulfonamides is 1. The van der Waals surface area contributed by atoms with Crippen LogP contribution in [0.1, 0.15) is 44.1 Å². The van der Waals surface area contributed by atoms with Gasteiger partial charge in [0.25, 0.3) is 0 Å². The van der Waals surface area contributed by atoms with Gasteiger partial charge in [0.1, 0.15) is 0 Å². The molecule has 0 unspecified atom stereocenters. The Morgan fingerprint density at radius 2 is 1.75 bits per heavy atom. The van der Waals surface area contributed by atoms with E-state index in [4.69, 9.17) is 4.74 Å². The molecule has 7 nitrogen and oxygen atoms in total. The Morgan fingerprint density at radius 1 is 1.07 bits per heavy atom. The minimum atomic E-state index is -3.35. The van der Waals surface area contributed by atoms with E-state index in [0.29, 0.717) is 31.8 Å². The first-order valence-corrected chi connectivity index (χ1v) is 11.8. The summed E-state index contributed by atoms with van der Waals surface area (Å²) in [4.78, 5) is 4.12. The summed E-state index contributed by atoms with van der Waals surface area (Å²) in [5.74, 6) is 0.571. The molecule has 0 heterocycles. The van der Waals surface area contributed by atoms with Gasteiger partial charge >= 0.3 is 0 Å². The number of aliphatic imine (C=N–C) groups is 1. The topological polar surface area (TPSA) is 91.8 Å². The van der Waals surface area contributed by atoms with Crippen molar-refractivity contribution in [2.75, 3.05) is 32.5 Å². The fourth-order valence-corrected chi connectivity index (χ4v) is 4.09. The fraction of sp³-hybridized carbons (Fsp3) is 0.650. The zero-order valence-electron chi connectivity index (χ0n) is 16.8. The van der Waals surface area contributed by atoms with Gasteiger partial charge in [0, 0.05) is 26.7 Å². The molecule has 2 rings (SSSR count). The van der Waals surface area contributed by atoms with E-state index in [1.165, 1.54) is 25.7 Å². The van der Waals surface area contributed by atoms with Gasteiger partial charge in [-0.05, 0) is 18.4 Å². The second-order valence-corrected chi connectivity index (χ2v) is 8.96. The van der Waals surface area contributed by atoms with Gasteiger partial charge in [-0.1, -0.05) is 56.0 Å². The van der Waals surface area contributed by atoms with Crippen molar-refractivity contribution in [3.05, 3.63) is 35.9 Å². The molecule has 0 saturated heterocycles. The highest BCUT2D eigenvalue weighted by Gasteiger charge is 2.12. The predicted molar refractivity (Wildman–Crippen MR) is 114 cm³/mol. The normalized spacial score (nSPS) is 16.5. The highest BCUT2D eigenvalue weighted by atomic mass is 32.2. The second-order valence-electron chi connectivity index (χ2n) is 7.04. The quantitative estimate of drug-likeness (QED) is 0.238. The van der Waals surface area contributed by atoms with Crippen LogP contribution < -0.4 is 15.4 Å². The Bertz CT molecular complexity index is 672. The molecule has 3 N–H and O–H groups in total. The highest BCUT2D eigenvalue weighted by Crippen LogP contribution is 2.19. The Balaban J connectivity index is 1.59. The van der Waals surface area contributed by atoms with Crippen LogP contribution in [0.3, 0.4) is 0 Å². The molecule has 1 aromatic carbocycles. The number of hydrogen-bond donors (Lipinski definition) is 3. The molecule has 1 saturated carbocycles. The average molecular weight is 411 g/mol. The molecular formula is C20H34N4O3S. The maximum absolute atomic E-state index is 12.1. The zero-order valence-corrected chi connectivity index (χ0v) is 17.6. The van der Waals surface area contributed by atoms with Crippen molar-refractivity contribution >= 4 is 16.0 Å². The van der Waals surface area contributed by atoms with Crippen molar-refractivity contribution in [1.29, 1.82) is 0 Å². The lowest BCUT2D eigenvalue weighted by Crippen LogP contribution is -2.42. The van der Waals surface area contributed by atoms with Gasteiger partial charge in [-0.2, -0.15) is 0 Å². The molecule has 0 bridgehead atoms. The lowest BCUT2D eigenvalue weighted by molar-refractivity contribution is 0.0468. The van der Waals surface area contributed by atoms with Gasteiger partial charge in [-0.3, -0.25) is 4.99 Å². The van der Waals surface area contributed by atoms with E-state index in [2.05, 4.69) is 20.3 Å². The fourth-order valence-electron chi connectivity index (χ4n) is 3.19. The van der Waals surface area contributed by atoms with Gasteiger partial charge in [0.05, 0.1) is 18.5 Å². The van der Waals surface area contributed by atoms with Crippen molar-refractivity contribution in [2.45, 2.75) is 51.2 Å². The summed E-state index contributed by atoms with van der Waals surface area (Å²) < 4.78 is 32.8. The van der Waals surface area contributed by atoms with Gasteiger partial charge < -0.3 is 15.4 Å². The third-order valence-electron chi connectivity index (χ3n) is 4.78. The second kappa shape index (κ2) is 12.7. The summed E-state index contributed by atoms with van der Waals surface area (Å²) in [6.07, 6.45) is 7.83. The van der Waals surface area contributed by atoms with Crippen LogP contribution in [-0.2, 0) is 21.3 Å². The van der Waals surface area contributed by atoms with Gasteiger partial charge in [-0.15, -0.1) is 0 Å². The molecule has 1 aliphatic carbocycles. The molecule has 1 fully saturated rings. The maximum atomic E-state index is 12.1. The molecular weight excluding hydrogens is 376 g/mol. The van der Waals surface area contributed by atoms with Crippen molar-refractivity contribution < 1.29 is 13.2 Å². The Hall–Kier alpha value is -1.64. The SMILES string of the molecule is CN=C(NCCOC1CCCCCC1)NCCS(=O)(=O)NCc1ccccc1. The van der Waals surface area contributed by atoms with Crippen LogP contribution in [-0.4, -0.2) is 53.0 Å². The first-order valence-electron chi connectivity index (χ1n) is 10.2. The minimum Gasteiger partial charge on any atom is -0.376 e. The summed E-state index contributed by atoms with van der Waals surface area (Å²) in [7, 11) is -1.68. The number of nitrogens with one attached hydrogen (secondary N) is 3. The number of guanidine groups is 1. The first kappa shape index (κ1) is 22.6. The van der Waals surface area contributed by atoms with Crippen LogP contribution in [0.4, 0.5) is 0 Å². The largest absolute Gasteiger partial charge is 0.376 e. The number of hydrogen-bond acceptors (Lipinski definition) is 4. The van der Waals surface area contributed by atoms with E-state index in [9.17, 15) is 8.42 Å². The van der Waals surface area contributed by atoms with Crippen LogP contribution in [0.15, 0.2) is 35.3 Å².